The van der Waals surface area contributed by atoms with Gasteiger partial charge in [-0.25, -0.2) is 14.8 Å². The number of aromatic carboxylic acids is 1. The highest BCUT2D eigenvalue weighted by Gasteiger charge is 2.05. The summed E-state index contributed by atoms with van der Waals surface area (Å²) in [5.74, 6) is -0.503. The van der Waals surface area contributed by atoms with Crippen LogP contribution < -0.4 is 4.74 Å². The fourth-order valence-corrected chi connectivity index (χ4v) is 1.24. The summed E-state index contributed by atoms with van der Waals surface area (Å²) in [4.78, 5) is 18.4. The van der Waals surface area contributed by atoms with Crippen LogP contribution in [0.1, 0.15) is 16.1 Å². The van der Waals surface area contributed by atoms with Gasteiger partial charge >= 0.3 is 5.97 Å². The first-order chi connectivity index (χ1) is 8.69. The molecule has 0 unspecified atom stereocenters. The van der Waals surface area contributed by atoms with E-state index in [4.69, 9.17) is 15.1 Å². The fraction of sp³-hybridized carbons (Fsp3) is 0. The van der Waals surface area contributed by atoms with Gasteiger partial charge in [-0.1, -0.05) is 6.07 Å². The van der Waals surface area contributed by atoms with Gasteiger partial charge in [-0.15, -0.1) is 0 Å². The average Bonchev–Trinajstić information content (AvgIpc) is 2.40. The average molecular weight is 241 g/mol. The van der Waals surface area contributed by atoms with Crippen molar-refractivity contribution in [2.75, 3.05) is 0 Å². The molecule has 0 atom stereocenters. The second kappa shape index (κ2) is 4.93. The largest absolute Gasteiger partial charge is 0.478 e. The van der Waals surface area contributed by atoms with E-state index in [0.29, 0.717) is 5.75 Å². The molecule has 2 rings (SSSR count). The molecule has 0 spiro atoms. The third-order valence-electron chi connectivity index (χ3n) is 2.05. The van der Waals surface area contributed by atoms with Gasteiger partial charge in [-0.05, 0) is 18.2 Å². The highest BCUT2D eigenvalue weighted by atomic mass is 16.5. The van der Waals surface area contributed by atoms with Crippen molar-refractivity contribution in [3.63, 3.8) is 0 Å². The molecule has 1 heterocycles. The Balaban J connectivity index is 2.20. The van der Waals surface area contributed by atoms with Gasteiger partial charge in [0.2, 0.25) is 5.88 Å². The van der Waals surface area contributed by atoms with Crippen molar-refractivity contribution in [3.8, 4) is 17.7 Å². The van der Waals surface area contributed by atoms with E-state index < -0.39 is 5.97 Å². The topological polar surface area (TPSA) is 96.1 Å². The number of nitriles is 1. The highest BCUT2D eigenvalue weighted by Crippen LogP contribution is 2.19. The van der Waals surface area contributed by atoms with Crippen LogP contribution in [-0.2, 0) is 0 Å². The minimum absolute atomic E-state index is 0.120. The smallest absolute Gasteiger partial charge is 0.335 e. The standard InChI is InChI=1S/C12H7N3O3/c13-5-9-6-15-11(7-14-9)18-10-3-1-2-8(4-10)12(16)17/h1-4,6-7H,(H,16,17). The quantitative estimate of drug-likeness (QED) is 0.880. The number of nitrogens with zero attached hydrogens (tertiary/aromatic N) is 3. The van der Waals surface area contributed by atoms with Gasteiger partial charge in [-0.2, -0.15) is 5.26 Å². The first-order valence-electron chi connectivity index (χ1n) is 4.92. The van der Waals surface area contributed by atoms with Gasteiger partial charge < -0.3 is 9.84 Å². The number of carboxylic acids is 1. The Bertz CT molecular complexity index is 617. The molecule has 0 aliphatic carbocycles. The summed E-state index contributed by atoms with van der Waals surface area (Å²) in [6, 6.07) is 7.84. The maximum Gasteiger partial charge on any atom is 0.335 e. The van der Waals surface area contributed by atoms with Crippen LogP contribution in [0.3, 0.4) is 0 Å². The van der Waals surface area contributed by atoms with E-state index in [9.17, 15) is 4.79 Å². The molecule has 0 amide bonds. The molecular weight excluding hydrogens is 234 g/mol. The molecule has 0 saturated heterocycles. The normalized spacial score (nSPS) is 9.50. The highest BCUT2D eigenvalue weighted by molar-refractivity contribution is 5.88. The molecule has 1 aromatic heterocycles. The van der Waals surface area contributed by atoms with Crippen molar-refractivity contribution in [2.45, 2.75) is 0 Å². The van der Waals surface area contributed by atoms with Crippen LogP contribution in [0.2, 0.25) is 0 Å². The Kier molecular flexibility index (Phi) is 3.16. The van der Waals surface area contributed by atoms with Gasteiger partial charge in [-0.3, -0.25) is 0 Å². The van der Waals surface area contributed by atoms with Gasteiger partial charge in [0.1, 0.15) is 11.8 Å². The van der Waals surface area contributed by atoms with Crippen LogP contribution in [0.4, 0.5) is 0 Å². The van der Waals surface area contributed by atoms with Gasteiger partial charge in [0.25, 0.3) is 0 Å². The lowest BCUT2D eigenvalue weighted by Gasteiger charge is -2.04. The molecule has 0 aliphatic heterocycles. The van der Waals surface area contributed by atoms with E-state index in [1.165, 1.54) is 24.5 Å². The molecule has 88 valence electrons. The van der Waals surface area contributed by atoms with Crippen molar-refractivity contribution in [3.05, 3.63) is 47.9 Å². The van der Waals surface area contributed by atoms with Crippen LogP contribution in [0.5, 0.6) is 11.6 Å². The van der Waals surface area contributed by atoms with Gasteiger partial charge in [0.15, 0.2) is 5.69 Å². The number of aromatic nitrogens is 2. The van der Waals surface area contributed by atoms with E-state index in [2.05, 4.69) is 9.97 Å². The maximum atomic E-state index is 10.8. The Morgan fingerprint density at radius 2 is 2.17 bits per heavy atom. The molecule has 18 heavy (non-hydrogen) atoms. The van der Waals surface area contributed by atoms with Crippen LogP contribution in [0, 0.1) is 11.3 Å². The van der Waals surface area contributed by atoms with Crippen molar-refractivity contribution < 1.29 is 14.6 Å². The summed E-state index contributed by atoms with van der Waals surface area (Å²) < 4.78 is 5.32. The third kappa shape index (κ3) is 2.59. The van der Waals surface area contributed by atoms with E-state index in [1.807, 2.05) is 6.07 Å². The van der Waals surface area contributed by atoms with Gasteiger partial charge in [0.05, 0.1) is 18.0 Å². The molecular formula is C12H7N3O3. The zero-order valence-electron chi connectivity index (χ0n) is 9.07. The third-order valence-corrected chi connectivity index (χ3v) is 2.05. The second-order valence-corrected chi connectivity index (χ2v) is 3.29. The summed E-state index contributed by atoms with van der Waals surface area (Å²) in [7, 11) is 0. The number of benzene rings is 1. The molecule has 6 heteroatoms. The Morgan fingerprint density at radius 1 is 1.33 bits per heavy atom. The van der Waals surface area contributed by atoms with Crippen molar-refractivity contribution in [2.24, 2.45) is 0 Å². The predicted octanol–water partition coefficient (Wildman–Crippen LogP) is 1.84. The molecule has 6 nitrogen and oxygen atoms in total. The Morgan fingerprint density at radius 3 is 2.78 bits per heavy atom. The van der Waals surface area contributed by atoms with E-state index >= 15 is 0 Å². The number of hydrogen-bond donors (Lipinski definition) is 1. The monoisotopic (exact) mass is 241 g/mol. The van der Waals surface area contributed by atoms with E-state index in [-0.39, 0.29) is 17.1 Å². The first-order valence-corrected chi connectivity index (χ1v) is 4.92. The van der Waals surface area contributed by atoms with E-state index in [0.717, 1.165) is 0 Å². The summed E-state index contributed by atoms with van der Waals surface area (Å²) >= 11 is 0. The zero-order valence-corrected chi connectivity index (χ0v) is 9.07. The number of carboxylic acid groups (broad SMARTS) is 1. The predicted molar refractivity (Wildman–Crippen MR) is 60.2 cm³/mol. The summed E-state index contributed by atoms with van der Waals surface area (Å²) in [5, 5.41) is 17.4. The molecule has 0 fully saturated rings. The van der Waals surface area contributed by atoms with E-state index in [1.54, 1.807) is 12.1 Å². The SMILES string of the molecule is N#Cc1cnc(Oc2cccc(C(=O)O)c2)cn1. The number of rotatable bonds is 3. The molecule has 0 radical (unpaired) electrons. The Hall–Kier alpha value is -2.94. The van der Waals surface area contributed by atoms with Crippen molar-refractivity contribution >= 4 is 5.97 Å². The summed E-state index contributed by atoms with van der Waals surface area (Å²) in [5.41, 5.74) is 0.302. The van der Waals surface area contributed by atoms with Crippen LogP contribution >= 0.6 is 0 Å². The number of carbonyl (C=O) groups is 1. The lowest BCUT2D eigenvalue weighted by molar-refractivity contribution is 0.0696. The number of ether oxygens (including phenoxy) is 1. The fourth-order valence-electron chi connectivity index (χ4n) is 1.24. The van der Waals surface area contributed by atoms with Crippen LogP contribution in [0.15, 0.2) is 36.7 Å². The summed E-state index contributed by atoms with van der Waals surface area (Å²) in [6.07, 6.45) is 2.57. The molecule has 1 aromatic carbocycles. The molecule has 0 bridgehead atoms. The second-order valence-electron chi connectivity index (χ2n) is 3.29. The van der Waals surface area contributed by atoms with Crippen molar-refractivity contribution in [1.29, 1.82) is 5.26 Å². The molecule has 0 aliphatic rings. The first kappa shape index (κ1) is 11.5. The molecule has 2 aromatic rings. The molecule has 1 N–H and O–H groups in total. The zero-order chi connectivity index (χ0) is 13.0. The lowest BCUT2D eigenvalue weighted by Crippen LogP contribution is -1.97. The molecule has 0 saturated carbocycles. The summed E-state index contributed by atoms with van der Waals surface area (Å²) in [6.45, 7) is 0. The minimum atomic E-state index is -1.04. The lowest BCUT2D eigenvalue weighted by atomic mass is 10.2. The maximum absolute atomic E-state index is 10.8. The number of hydrogen-bond acceptors (Lipinski definition) is 5. The van der Waals surface area contributed by atoms with Crippen molar-refractivity contribution in [1.82, 2.24) is 9.97 Å². The van der Waals surface area contributed by atoms with Gasteiger partial charge in [0, 0.05) is 0 Å². The van der Waals surface area contributed by atoms with Crippen LogP contribution in [0.25, 0.3) is 0 Å². The van der Waals surface area contributed by atoms with Crippen LogP contribution in [-0.4, -0.2) is 21.0 Å². The minimum Gasteiger partial charge on any atom is -0.478 e. The Labute approximate surface area is 102 Å².